The first-order valence-corrected chi connectivity index (χ1v) is 12.1. The fourth-order valence-corrected chi connectivity index (χ4v) is 4.71. The van der Waals surface area contributed by atoms with Gasteiger partial charge in [-0.2, -0.15) is 0 Å². The molecule has 5 aromatic rings. The standard InChI is InChI=1S/C30H23ClFN3O2/c1-17-13-23(18(2)34-26-6-4-3-5-22(26)30(36)37)25-16-24(19-7-9-21(32)10-8-19)29(35-27(25)14-17)20-11-12-33-28(31)15-20/h3-16,18,34H,1-2H3,(H,36,37)/t18-/m1/s1. The number of hydrogen-bond acceptors (Lipinski definition) is 4. The monoisotopic (exact) mass is 511 g/mol. The molecule has 7 heteroatoms. The van der Waals surface area contributed by atoms with E-state index in [-0.39, 0.29) is 17.4 Å². The number of benzene rings is 3. The van der Waals surface area contributed by atoms with Gasteiger partial charge in [-0.3, -0.25) is 0 Å². The van der Waals surface area contributed by atoms with E-state index in [4.69, 9.17) is 16.6 Å². The van der Waals surface area contributed by atoms with Gasteiger partial charge in [-0.1, -0.05) is 41.9 Å². The van der Waals surface area contributed by atoms with Crippen molar-refractivity contribution in [3.05, 3.63) is 113 Å². The molecule has 0 spiro atoms. The predicted molar refractivity (Wildman–Crippen MR) is 146 cm³/mol. The molecule has 3 aromatic carbocycles. The number of para-hydroxylation sites is 1. The molecular formula is C30H23ClFN3O2. The summed E-state index contributed by atoms with van der Waals surface area (Å²) in [5.41, 5.74) is 6.63. The maximum atomic E-state index is 13.8. The van der Waals surface area contributed by atoms with Crippen LogP contribution in [0.25, 0.3) is 33.3 Å². The molecule has 0 aliphatic heterocycles. The number of halogens is 2. The minimum Gasteiger partial charge on any atom is -0.478 e. The highest BCUT2D eigenvalue weighted by Crippen LogP contribution is 2.37. The predicted octanol–water partition coefficient (Wildman–Crippen LogP) is 7.94. The number of hydrogen-bond donors (Lipinski definition) is 2. The van der Waals surface area contributed by atoms with E-state index < -0.39 is 5.97 Å². The number of aromatic nitrogens is 2. The van der Waals surface area contributed by atoms with Gasteiger partial charge in [-0.15, -0.1) is 0 Å². The van der Waals surface area contributed by atoms with Crippen molar-refractivity contribution in [2.75, 3.05) is 5.32 Å². The zero-order chi connectivity index (χ0) is 26.1. The molecule has 2 aromatic heterocycles. The Labute approximate surface area is 218 Å². The van der Waals surface area contributed by atoms with Crippen molar-refractivity contribution in [2.45, 2.75) is 19.9 Å². The van der Waals surface area contributed by atoms with Crippen LogP contribution in [0.3, 0.4) is 0 Å². The molecule has 0 amide bonds. The molecule has 184 valence electrons. The quantitative estimate of drug-likeness (QED) is 0.226. The third-order valence-corrected chi connectivity index (χ3v) is 6.47. The van der Waals surface area contributed by atoms with Crippen molar-refractivity contribution in [3.63, 3.8) is 0 Å². The average Bonchev–Trinajstić information content (AvgIpc) is 2.88. The molecule has 0 unspecified atom stereocenters. The first kappa shape index (κ1) is 24.4. The fourth-order valence-electron chi connectivity index (χ4n) is 4.53. The summed E-state index contributed by atoms with van der Waals surface area (Å²) in [6.45, 7) is 3.99. The number of anilines is 1. The summed E-state index contributed by atoms with van der Waals surface area (Å²) in [6.07, 6.45) is 1.63. The Bertz CT molecular complexity index is 1640. The van der Waals surface area contributed by atoms with E-state index in [0.29, 0.717) is 16.5 Å². The number of carboxylic acid groups (broad SMARTS) is 1. The van der Waals surface area contributed by atoms with E-state index in [1.807, 2.05) is 26.0 Å². The van der Waals surface area contributed by atoms with Gasteiger partial charge in [0, 0.05) is 34.4 Å². The van der Waals surface area contributed by atoms with Gasteiger partial charge in [0.2, 0.25) is 0 Å². The molecule has 0 aliphatic rings. The molecule has 5 rings (SSSR count). The van der Waals surface area contributed by atoms with Gasteiger partial charge in [0.25, 0.3) is 0 Å². The van der Waals surface area contributed by atoms with Crippen LogP contribution in [0.1, 0.15) is 34.5 Å². The first-order chi connectivity index (χ1) is 17.8. The van der Waals surface area contributed by atoms with Crippen molar-refractivity contribution in [2.24, 2.45) is 0 Å². The molecule has 2 heterocycles. The van der Waals surface area contributed by atoms with E-state index in [2.05, 4.69) is 22.4 Å². The molecule has 37 heavy (non-hydrogen) atoms. The third kappa shape index (κ3) is 5.01. The summed E-state index contributed by atoms with van der Waals surface area (Å²) in [5.74, 6) is -1.32. The van der Waals surface area contributed by atoms with Crippen LogP contribution in [0.4, 0.5) is 10.1 Å². The van der Waals surface area contributed by atoms with E-state index in [1.165, 1.54) is 12.1 Å². The Balaban J connectivity index is 1.71. The highest BCUT2D eigenvalue weighted by atomic mass is 35.5. The molecular weight excluding hydrogens is 489 g/mol. The Morgan fingerprint density at radius 1 is 1.00 bits per heavy atom. The Morgan fingerprint density at radius 3 is 2.49 bits per heavy atom. The van der Waals surface area contributed by atoms with Crippen molar-refractivity contribution in [3.8, 4) is 22.4 Å². The van der Waals surface area contributed by atoms with Crippen LogP contribution >= 0.6 is 11.6 Å². The van der Waals surface area contributed by atoms with Gasteiger partial charge < -0.3 is 10.4 Å². The molecule has 0 bridgehead atoms. The van der Waals surface area contributed by atoms with Crippen LogP contribution in [0.5, 0.6) is 0 Å². The lowest BCUT2D eigenvalue weighted by atomic mass is 9.93. The topological polar surface area (TPSA) is 75.1 Å². The number of nitrogens with zero attached hydrogens (tertiary/aromatic N) is 2. The number of rotatable bonds is 6. The Kier molecular flexibility index (Phi) is 6.59. The minimum atomic E-state index is -0.995. The normalized spacial score (nSPS) is 11.9. The number of carbonyl (C=O) groups is 1. The Hall–Kier alpha value is -4.29. The molecule has 5 nitrogen and oxygen atoms in total. The fraction of sp³-hybridized carbons (Fsp3) is 0.100. The average molecular weight is 512 g/mol. The molecule has 1 atom stereocenters. The zero-order valence-electron chi connectivity index (χ0n) is 20.2. The lowest BCUT2D eigenvalue weighted by Gasteiger charge is -2.21. The largest absolute Gasteiger partial charge is 0.478 e. The van der Waals surface area contributed by atoms with Crippen LogP contribution in [-0.4, -0.2) is 21.0 Å². The van der Waals surface area contributed by atoms with Gasteiger partial charge in [0.05, 0.1) is 16.8 Å². The van der Waals surface area contributed by atoms with Crippen molar-refractivity contribution < 1.29 is 14.3 Å². The number of nitrogens with one attached hydrogen (secondary N) is 1. The summed E-state index contributed by atoms with van der Waals surface area (Å²) < 4.78 is 13.8. The maximum absolute atomic E-state index is 13.8. The number of aryl methyl sites for hydroxylation is 1. The van der Waals surface area contributed by atoms with Gasteiger partial charge in [0.1, 0.15) is 11.0 Å². The van der Waals surface area contributed by atoms with Gasteiger partial charge in [0.15, 0.2) is 0 Å². The molecule has 2 N–H and O–H groups in total. The van der Waals surface area contributed by atoms with Crippen LogP contribution in [0, 0.1) is 12.7 Å². The first-order valence-electron chi connectivity index (χ1n) is 11.7. The second-order valence-electron chi connectivity index (χ2n) is 8.90. The van der Waals surface area contributed by atoms with Crippen molar-refractivity contribution in [1.82, 2.24) is 9.97 Å². The van der Waals surface area contributed by atoms with E-state index in [1.54, 1.807) is 48.7 Å². The number of carboxylic acids is 1. The van der Waals surface area contributed by atoms with Crippen LogP contribution < -0.4 is 5.32 Å². The summed E-state index contributed by atoms with van der Waals surface area (Å²) in [7, 11) is 0. The summed E-state index contributed by atoms with van der Waals surface area (Å²) in [6, 6.07) is 22.6. The lowest BCUT2D eigenvalue weighted by molar-refractivity contribution is 0.0698. The zero-order valence-corrected chi connectivity index (χ0v) is 20.9. The maximum Gasteiger partial charge on any atom is 0.337 e. The van der Waals surface area contributed by atoms with Gasteiger partial charge >= 0.3 is 5.97 Å². The second-order valence-corrected chi connectivity index (χ2v) is 9.28. The summed E-state index contributed by atoms with van der Waals surface area (Å²) in [4.78, 5) is 20.9. The SMILES string of the molecule is Cc1cc([C@@H](C)Nc2ccccc2C(=O)O)c2cc(-c3ccc(F)cc3)c(-c3ccnc(Cl)c3)nc2c1. The Morgan fingerprint density at radius 2 is 1.76 bits per heavy atom. The number of pyridine rings is 2. The smallest absolute Gasteiger partial charge is 0.337 e. The van der Waals surface area contributed by atoms with E-state index >= 15 is 0 Å². The van der Waals surface area contributed by atoms with E-state index in [9.17, 15) is 14.3 Å². The summed E-state index contributed by atoms with van der Waals surface area (Å²) in [5, 5.41) is 14.2. The number of aromatic carboxylic acids is 1. The second kappa shape index (κ2) is 9.99. The highest BCUT2D eigenvalue weighted by Gasteiger charge is 2.18. The lowest BCUT2D eigenvalue weighted by Crippen LogP contribution is -2.11. The van der Waals surface area contributed by atoms with Gasteiger partial charge in [-0.05, 0) is 79.1 Å². The minimum absolute atomic E-state index is 0.202. The van der Waals surface area contributed by atoms with Crippen molar-refractivity contribution >= 4 is 34.2 Å². The molecule has 0 saturated carbocycles. The highest BCUT2D eigenvalue weighted by molar-refractivity contribution is 6.29. The van der Waals surface area contributed by atoms with Crippen molar-refractivity contribution in [1.29, 1.82) is 0 Å². The van der Waals surface area contributed by atoms with E-state index in [0.717, 1.165) is 38.7 Å². The molecule has 0 fully saturated rings. The molecule has 0 radical (unpaired) electrons. The summed E-state index contributed by atoms with van der Waals surface area (Å²) >= 11 is 6.20. The molecule has 0 saturated heterocycles. The van der Waals surface area contributed by atoms with Crippen LogP contribution in [0.15, 0.2) is 85.1 Å². The van der Waals surface area contributed by atoms with Gasteiger partial charge in [-0.25, -0.2) is 19.2 Å². The molecule has 0 aliphatic carbocycles. The van der Waals surface area contributed by atoms with Crippen LogP contribution in [0.2, 0.25) is 5.15 Å². The third-order valence-electron chi connectivity index (χ3n) is 6.26. The van der Waals surface area contributed by atoms with Crippen LogP contribution in [-0.2, 0) is 0 Å². The number of fused-ring (bicyclic) bond motifs is 1.